The number of carbonyl (C=O) groups is 1. The molecule has 3 aromatic rings. The van der Waals surface area contributed by atoms with Gasteiger partial charge in [0.1, 0.15) is 5.15 Å². The van der Waals surface area contributed by atoms with Crippen LogP contribution < -0.4 is 14.8 Å². The van der Waals surface area contributed by atoms with Gasteiger partial charge in [0, 0.05) is 24.6 Å². The third-order valence-electron chi connectivity index (χ3n) is 6.15. The number of nitrogens with one attached hydrogen (secondary N) is 1. The van der Waals surface area contributed by atoms with Crippen molar-refractivity contribution >= 4 is 23.2 Å². The van der Waals surface area contributed by atoms with E-state index in [-0.39, 0.29) is 5.91 Å². The molecule has 2 heterocycles. The number of carbonyl (C=O) groups excluding carboxylic acids is 1. The minimum absolute atomic E-state index is 0.297. The predicted molar refractivity (Wildman–Crippen MR) is 124 cm³/mol. The van der Waals surface area contributed by atoms with E-state index in [0.29, 0.717) is 34.4 Å². The molecule has 2 aromatic carbocycles. The fourth-order valence-corrected chi connectivity index (χ4v) is 4.76. The molecule has 7 heteroatoms. The van der Waals surface area contributed by atoms with Crippen LogP contribution >= 0.6 is 11.6 Å². The normalized spacial score (nSPS) is 16.3. The number of ether oxygens (including phenoxy) is 2. The van der Waals surface area contributed by atoms with Gasteiger partial charge in [0.15, 0.2) is 11.5 Å². The third-order valence-corrected chi connectivity index (χ3v) is 6.54. The van der Waals surface area contributed by atoms with E-state index in [0.717, 1.165) is 37.0 Å². The van der Waals surface area contributed by atoms with E-state index in [4.69, 9.17) is 21.1 Å². The fourth-order valence-electron chi connectivity index (χ4n) is 4.44. The number of hydrogen-bond donors (Lipinski definition) is 1. The van der Waals surface area contributed by atoms with Crippen molar-refractivity contribution in [2.24, 2.45) is 0 Å². The Morgan fingerprint density at radius 3 is 2.53 bits per heavy atom. The molecule has 0 unspecified atom stereocenters. The van der Waals surface area contributed by atoms with Gasteiger partial charge in [-0.15, -0.1) is 0 Å². The monoisotopic (exact) mass is 451 g/mol. The number of aryl methyl sites for hydroxylation is 2. The fraction of sp³-hybridized carbons (Fsp3) is 0.360. The van der Waals surface area contributed by atoms with E-state index < -0.39 is 5.79 Å². The lowest BCUT2D eigenvalue weighted by Gasteiger charge is -2.31. The molecule has 166 valence electrons. The Balaban J connectivity index is 1.32. The van der Waals surface area contributed by atoms with Gasteiger partial charge in [0.05, 0.1) is 17.8 Å². The molecule has 5 rings (SSSR count). The third kappa shape index (κ3) is 3.95. The second-order valence-corrected chi connectivity index (χ2v) is 9.04. The van der Waals surface area contributed by atoms with Crippen molar-refractivity contribution in [2.45, 2.75) is 58.3 Å². The van der Waals surface area contributed by atoms with Gasteiger partial charge in [-0.2, -0.15) is 5.10 Å². The first kappa shape index (κ1) is 20.9. The maximum Gasteiger partial charge on any atom is 0.260 e. The molecule has 1 aliphatic heterocycles. The van der Waals surface area contributed by atoms with Gasteiger partial charge in [0.25, 0.3) is 11.7 Å². The molecular formula is C25H26ClN3O3. The Labute approximate surface area is 192 Å². The topological polar surface area (TPSA) is 65.4 Å². The van der Waals surface area contributed by atoms with Gasteiger partial charge in [-0.3, -0.25) is 4.79 Å². The van der Waals surface area contributed by atoms with Crippen LogP contribution in [0.15, 0.2) is 42.5 Å². The molecule has 1 aliphatic carbocycles. The standard InChI is InChI=1S/C25H26ClN3O3/c1-16-6-8-18(9-7-16)15-29-23(26)22(17(2)28-29)24(30)27-19-10-11-20-21(14-19)32-25(31-20)12-4-3-5-13-25/h6-11,14H,3-5,12-13,15H2,1-2H3,(H,27,30). The molecule has 1 N–H and O–H groups in total. The lowest BCUT2D eigenvalue weighted by atomic mass is 9.94. The molecule has 32 heavy (non-hydrogen) atoms. The summed E-state index contributed by atoms with van der Waals surface area (Å²) in [5.74, 6) is 0.557. The van der Waals surface area contributed by atoms with Gasteiger partial charge in [-0.25, -0.2) is 4.68 Å². The molecule has 1 fully saturated rings. The summed E-state index contributed by atoms with van der Waals surface area (Å²) in [6.45, 7) is 4.33. The van der Waals surface area contributed by atoms with Gasteiger partial charge in [-0.1, -0.05) is 47.9 Å². The van der Waals surface area contributed by atoms with Crippen molar-refractivity contribution in [3.8, 4) is 11.5 Å². The second kappa shape index (κ2) is 8.17. The van der Waals surface area contributed by atoms with Crippen LogP contribution in [-0.2, 0) is 6.54 Å². The van der Waals surface area contributed by atoms with Crippen molar-refractivity contribution in [1.82, 2.24) is 9.78 Å². The SMILES string of the molecule is Cc1ccc(Cn2nc(C)c(C(=O)Nc3ccc4c(c3)OC3(CCCCC3)O4)c2Cl)cc1. The number of rotatable bonds is 4. The van der Waals surface area contributed by atoms with Gasteiger partial charge in [-0.05, 0) is 44.4 Å². The van der Waals surface area contributed by atoms with Crippen LogP contribution in [0.5, 0.6) is 11.5 Å². The molecule has 1 aromatic heterocycles. The highest BCUT2D eigenvalue weighted by molar-refractivity contribution is 6.33. The van der Waals surface area contributed by atoms with E-state index >= 15 is 0 Å². The minimum atomic E-state index is -0.541. The minimum Gasteiger partial charge on any atom is -0.448 e. The number of aromatic nitrogens is 2. The van der Waals surface area contributed by atoms with Crippen LogP contribution in [0.2, 0.25) is 5.15 Å². The van der Waals surface area contributed by atoms with Crippen molar-refractivity contribution in [1.29, 1.82) is 0 Å². The van der Waals surface area contributed by atoms with Crippen molar-refractivity contribution < 1.29 is 14.3 Å². The van der Waals surface area contributed by atoms with Crippen LogP contribution in [0, 0.1) is 13.8 Å². The lowest BCUT2D eigenvalue weighted by molar-refractivity contribution is -0.105. The number of amides is 1. The molecule has 1 saturated carbocycles. The molecule has 6 nitrogen and oxygen atoms in total. The van der Waals surface area contributed by atoms with Crippen LogP contribution in [0.25, 0.3) is 0 Å². The molecule has 0 atom stereocenters. The van der Waals surface area contributed by atoms with E-state index in [9.17, 15) is 4.79 Å². The zero-order valence-corrected chi connectivity index (χ0v) is 19.0. The highest BCUT2D eigenvalue weighted by Gasteiger charge is 2.42. The first-order valence-electron chi connectivity index (χ1n) is 11.0. The van der Waals surface area contributed by atoms with E-state index in [1.54, 1.807) is 11.6 Å². The highest BCUT2D eigenvalue weighted by Crippen LogP contribution is 2.46. The summed E-state index contributed by atoms with van der Waals surface area (Å²) in [5, 5.41) is 7.74. The summed E-state index contributed by atoms with van der Waals surface area (Å²) in [6.07, 6.45) is 5.18. The van der Waals surface area contributed by atoms with Crippen molar-refractivity contribution in [2.75, 3.05) is 5.32 Å². The Morgan fingerprint density at radius 2 is 1.78 bits per heavy atom. The number of benzene rings is 2. The second-order valence-electron chi connectivity index (χ2n) is 8.69. The maximum atomic E-state index is 13.0. The van der Waals surface area contributed by atoms with E-state index in [1.807, 2.05) is 49.4 Å². The number of fused-ring (bicyclic) bond motifs is 1. The molecule has 1 spiro atoms. The van der Waals surface area contributed by atoms with Crippen LogP contribution in [0.4, 0.5) is 5.69 Å². The summed E-state index contributed by atoms with van der Waals surface area (Å²) in [7, 11) is 0. The zero-order chi connectivity index (χ0) is 22.3. The smallest absolute Gasteiger partial charge is 0.260 e. The molecule has 0 saturated heterocycles. The average molecular weight is 452 g/mol. The Bertz CT molecular complexity index is 1160. The Kier molecular flexibility index (Phi) is 5.33. The summed E-state index contributed by atoms with van der Waals surface area (Å²) < 4.78 is 13.9. The summed E-state index contributed by atoms with van der Waals surface area (Å²) in [4.78, 5) is 13.0. The van der Waals surface area contributed by atoms with E-state index in [2.05, 4.69) is 10.4 Å². The number of hydrogen-bond acceptors (Lipinski definition) is 4. The lowest BCUT2D eigenvalue weighted by Crippen LogP contribution is -2.40. The molecule has 0 radical (unpaired) electrons. The summed E-state index contributed by atoms with van der Waals surface area (Å²) in [5.41, 5.74) is 3.85. The summed E-state index contributed by atoms with van der Waals surface area (Å²) >= 11 is 6.56. The largest absolute Gasteiger partial charge is 0.448 e. The van der Waals surface area contributed by atoms with E-state index in [1.165, 1.54) is 12.0 Å². The molecule has 1 amide bonds. The molecular weight excluding hydrogens is 426 g/mol. The van der Waals surface area contributed by atoms with Crippen LogP contribution in [-0.4, -0.2) is 21.5 Å². The average Bonchev–Trinajstić information content (AvgIpc) is 3.25. The van der Waals surface area contributed by atoms with Gasteiger partial charge in [0.2, 0.25) is 0 Å². The van der Waals surface area contributed by atoms with Crippen molar-refractivity contribution in [3.63, 3.8) is 0 Å². The zero-order valence-electron chi connectivity index (χ0n) is 18.3. The quantitative estimate of drug-likeness (QED) is 0.537. The van der Waals surface area contributed by atoms with Gasteiger partial charge >= 0.3 is 0 Å². The van der Waals surface area contributed by atoms with Crippen LogP contribution in [0.3, 0.4) is 0 Å². The van der Waals surface area contributed by atoms with Crippen LogP contribution in [0.1, 0.15) is 59.3 Å². The predicted octanol–water partition coefficient (Wildman–Crippen LogP) is 5.89. The van der Waals surface area contributed by atoms with Gasteiger partial charge < -0.3 is 14.8 Å². The summed E-state index contributed by atoms with van der Waals surface area (Å²) in [6, 6.07) is 13.7. The molecule has 0 bridgehead atoms. The Morgan fingerprint density at radius 1 is 1.06 bits per heavy atom. The van der Waals surface area contributed by atoms with Crippen molar-refractivity contribution in [3.05, 3.63) is 70.0 Å². The highest BCUT2D eigenvalue weighted by atomic mass is 35.5. The Hall–Kier alpha value is -2.99. The first-order chi connectivity index (χ1) is 15.4. The number of halogens is 1. The number of nitrogens with zero attached hydrogens (tertiary/aromatic N) is 2. The maximum absolute atomic E-state index is 13.0. The number of anilines is 1. The first-order valence-corrected chi connectivity index (χ1v) is 11.4. The molecule has 2 aliphatic rings.